The van der Waals surface area contributed by atoms with E-state index in [-0.39, 0.29) is 5.25 Å². The van der Waals surface area contributed by atoms with Crippen molar-refractivity contribution in [1.29, 1.82) is 0 Å². The zero-order chi connectivity index (χ0) is 17.9. The highest BCUT2D eigenvalue weighted by Gasteiger charge is 2.19. The summed E-state index contributed by atoms with van der Waals surface area (Å²) in [5, 5.41) is 22.7. The van der Waals surface area contributed by atoms with Crippen LogP contribution in [0.1, 0.15) is 23.6 Å². The number of thiophene rings is 1. The summed E-state index contributed by atoms with van der Waals surface area (Å²) in [7, 11) is 0. The topological polar surface area (TPSA) is 76.7 Å². The van der Waals surface area contributed by atoms with Crippen molar-refractivity contribution in [2.75, 3.05) is 5.32 Å². The van der Waals surface area contributed by atoms with Gasteiger partial charge in [0.25, 0.3) is 5.89 Å². The number of hydrogen-bond acceptors (Lipinski definition) is 9. The minimum absolute atomic E-state index is 0.00335. The van der Waals surface area contributed by atoms with E-state index in [9.17, 15) is 0 Å². The number of nitrogens with zero attached hydrogens (tertiary/aromatic N) is 4. The summed E-state index contributed by atoms with van der Waals surface area (Å²) in [6, 6.07) is 12.1. The summed E-state index contributed by atoms with van der Waals surface area (Å²) in [6.45, 7) is 4.08. The average Bonchev–Trinajstić information content (AvgIpc) is 3.38. The Kier molecular flexibility index (Phi) is 5.00. The van der Waals surface area contributed by atoms with Crippen LogP contribution in [0.2, 0.25) is 0 Å². The molecule has 9 heteroatoms. The van der Waals surface area contributed by atoms with Crippen molar-refractivity contribution in [2.24, 2.45) is 0 Å². The zero-order valence-electron chi connectivity index (χ0n) is 14.0. The monoisotopic (exact) mass is 401 g/mol. The van der Waals surface area contributed by atoms with E-state index in [0.717, 1.165) is 20.0 Å². The normalized spacial score (nSPS) is 12.2. The summed E-state index contributed by atoms with van der Waals surface area (Å²) >= 11 is 4.63. The molecule has 0 bridgehead atoms. The molecule has 1 atom stereocenters. The maximum atomic E-state index is 5.78. The molecule has 4 rings (SSSR count). The van der Waals surface area contributed by atoms with Crippen molar-refractivity contribution < 1.29 is 4.42 Å². The minimum atomic E-state index is -0.00335. The second kappa shape index (κ2) is 7.56. The van der Waals surface area contributed by atoms with Gasteiger partial charge in [0, 0.05) is 5.69 Å². The van der Waals surface area contributed by atoms with E-state index in [1.54, 1.807) is 23.1 Å². The van der Waals surface area contributed by atoms with Crippen molar-refractivity contribution in [3.05, 3.63) is 53.2 Å². The summed E-state index contributed by atoms with van der Waals surface area (Å²) < 4.78 is 6.63. The van der Waals surface area contributed by atoms with Gasteiger partial charge in [-0.05, 0) is 37.4 Å². The molecule has 1 N–H and O–H groups in total. The maximum Gasteiger partial charge on any atom is 0.257 e. The molecule has 0 saturated carbocycles. The number of aromatic nitrogens is 4. The van der Waals surface area contributed by atoms with Gasteiger partial charge in [-0.25, -0.2) is 0 Å². The van der Waals surface area contributed by atoms with E-state index in [1.807, 2.05) is 36.6 Å². The molecule has 0 aliphatic carbocycles. The summed E-state index contributed by atoms with van der Waals surface area (Å²) in [5.74, 6) is 1.14. The molecule has 1 aromatic carbocycles. The van der Waals surface area contributed by atoms with E-state index in [1.165, 1.54) is 16.9 Å². The Balaban J connectivity index is 1.41. The Morgan fingerprint density at radius 3 is 2.69 bits per heavy atom. The lowest BCUT2D eigenvalue weighted by Gasteiger charge is -2.02. The Morgan fingerprint density at radius 1 is 1.08 bits per heavy atom. The molecular weight excluding hydrogens is 386 g/mol. The van der Waals surface area contributed by atoms with Gasteiger partial charge < -0.3 is 9.73 Å². The second-order valence-electron chi connectivity index (χ2n) is 5.55. The lowest BCUT2D eigenvalue weighted by atomic mass is 10.2. The maximum absolute atomic E-state index is 5.78. The highest BCUT2D eigenvalue weighted by atomic mass is 32.2. The third kappa shape index (κ3) is 3.95. The largest absolute Gasteiger partial charge is 0.419 e. The minimum Gasteiger partial charge on any atom is -0.419 e. The first-order chi connectivity index (χ1) is 12.7. The fourth-order valence-electron chi connectivity index (χ4n) is 2.17. The van der Waals surface area contributed by atoms with Crippen LogP contribution < -0.4 is 5.32 Å². The number of rotatable bonds is 6. The van der Waals surface area contributed by atoms with E-state index < -0.39 is 0 Å². The standard InChI is InChI=1S/C17H15N5OS3/c1-10-5-7-12(8-6-10)18-16-21-22-17(26-16)25-11(2)14-19-20-15(23-14)13-4-3-9-24-13/h3-9,11H,1-2H3,(H,18,21). The first-order valence-corrected chi connectivity index (χ1v) is 10.5. The smallest absolute Gasteiger partial charge is 0.257 e. The third-order valence-corrected chi connectivity index (χ3v) is 6.38. The molecule has 3 aromatic heterocycles. The molecule has 0 amide bonds. The third-order valence-electron chi connectivity index (χ3n) is 3.51. The molecule has 0 spiro atoms. The van der Waals surface area contributed by atoms with E-state index in [4.69, 9.17) is 4.42 Å². The highest BCUT2D eigenvalue weighted by Crippen LogP contribution is 2.38. The molecule has 0 aliphatic heterocycles. The van der Waals surface area contributed by atoms with Gasteiger partial charge in [-0.1, -0.05) is 46.9 Å². The van der Waals surface area contributed by atoms with Crippen LogP contribution in [-0.4, -0.2) is 20.4 Å². The van der Waals surface area contributed by atoms with Crippen LogP contribution in [-0.2, 0) is 0 Å². The van der Waals surface area contributed by atoms with Gasteiger partial charge in [-0.3, -0.25) is 0 Å². The average molecular weight is 402 g/mol. The number of hydrogen-bond donors (Lipinski definition) is 1. The van der Waals surface area contributed by atoms with Crippen molar-refractivity contribution >= 4 is 45.3 Å². The van der Waals surface area contributed by atoms with Crippen LogP contribution in [0.4, 0.5) is 10.8 Å². The predicted molar refractivity (Wildman–Crippen MR) is 106 cm³/mol. The van der Waals surface area contributed by atoms with Gasteiger partial charge in [0.15, 0.2) is 4.34 Å². The van der Waals surface area contributed by atoms with E-state index >= 15 is 0 Å². The van der Waals surface area contributed by atoms with Crippen molar-refractivity contribution in [1.82, 2.24) is 20.4 Å². The van der Waals surface area contributed by atoms with Crippen LogP contribution in [0.3, 0.4) is 0 Å². The van der Waals surface area contributed by atoms with Crippen LogP contribution in [0.15, 0.2) is 50.5 Å². The molecule has 0 saturated heterocycles. The number of benzene rings is 1. The zero-order valence-corrected chi connectivity index (χ0v) is 16.5. The highest BCUT2D eigenvalue weighted by molar-refractivity contribution is 8.01. The van der Waals surface area contributed by atoms with Gasteiger partial charge in [-0.2, -0.15) is 0 Å². The summed E-state index contributed by atoms with van der Waals surface area (Å²) in [4.78, 5) is 0.974. The van der Waals surface area contributed by atoms with E-state index in [0.29, 0.717) is 11.8 Å². The summed E-state index contributed by atoms with van der Waals surface area (Å²) in [5.41, 5.74) is 2.22. The van der Waals surface area contributed by atoms with Gasteiger partial charge in [0.1, 0.15) is 0 Å². The molecule has 6 nitrogen and oxygen atoms in total. The quantitative estimate of drug-likeness (QED) is 0.424. The number of thioether (sulfide) groups is 1. The first kappa shape index (κ1) is 17.2. The SMILES string of the molecule is Cc1ccc(Nc2nnc(SC(C)c3nnc(-c4cccs4)o3)s2)cc1. The molecule has 26 heavy (non-hydrogen) atoms. The van der Waals surface area contributed by atoms with Crippen molar-refractivity contribution in [3.8, 4) is 10.8 Å². The number of nitrogens with one attached hydrogen (secondary N) is 1. The summed E-state index contributed by atoms with van der Waals surface area (Å²) in [6.07, 6.45) is 0. The van der Waals surface area contributed by atoms with Gasteiger partial charge >= 0.3 is 0 Å². The van der Waals surface area contributed by atoms with Crippen LogP contribution in [0.25, 0.3) is 10.8 Å². The van der Waals surface area contributed by atoms with E-state index in [2.05, 4.69) is 44.8 Å². The van der Waals surface area contributed by atoms with Crippen LogP contribution >= 0.6 is 34.4 Å². The molecule has 3 heterocycles. The lowest BCUT2D eigenvalue weighted by molar-refractivity contribution is 0.510. The molecule has 132 valence electrons. The van der Waals surface area contributed by atoms with Gasteiger partial charge in [0.2, 0.25) is 11.0 Å². The molecular formula is C17H15N5OS3. The predicted octanol–water partition coefficient (Wildman–Crippen LogP) is 5.55. The lowest BCUT2D eigenvalue weighted by Crippen LogP contribution is -1.89. The van der Waals surface area contributed by atoms with Crippen molar-refractivity contribution in [3.63, 3.8) is 0 Å². The first-order valence-electron chi connectivity index (χ1n) is 7.88. The molecule has 1 unspecified atom stereocenters. The number of aryl methyl sites for hydroxylation is 1. The Labute approximate surface area is 162 Å². The Hall–Kier alpha value is -2.23. The van der Waals surface area contributed by atoms with Crippen molar-refractivity contribution in [2.45, 2.75) is 23.4 Å². The Morgan fingerprint density at radius 2 is 1.92 bits per heavy atom. The molecule has 0 radical (unpaired) electrons. The fourth-order valence-corrected chi connectivity index (χ4v) is 4.76. The molecule has 4 aromatic rings. The van der Waals surface area contributed by atoms with Gasteiger partial charge in [0.05, 0.1) is 10.1 Å². The second-order valence-corrected chi connectivity index (χ2v) is 9.06. The molecule has 0 fully saturated rings. The Bertz CT molecular complexity index is 978. The van der Waals surface area contributed by atoms with Crippen LogP contribution in [0.5, 0.6) is 0 Å². The number of anilines is 2. The van der Waals surface area contributed by atoms with Crippen LogP contribution in [0, 0.1) is 6.92 Å². The van der Waals surface area contributed by atoms with Gasteiger partial charge in [-0.15, -0.1) is 31.7 Å². The molecule has 0 aliphatic rings. The fraction of sp³-hybridized carbons (Fsp3) is 0.176.